The van der Waals surface area contributed by atoms with Crippen LogP contribution in [0, 0.1) is 17.5 Å². The van der Waals surface area contributed by atoms with Crippen molar-refractivity contribution < 1.29 is 35.8 Å². The van der Waals surface area contributed by atoms with Gasteiger partial charge in [-0.25, -0.2) is 18.2 Å². The Morgan fingerprint density at radius 2 is 1.64 bits per heavy atom. The van der Waals surface area contributed by atoms with Gasteiger partial charge >= 0.3 is 6.18 Å². The number of benzene rings is 2. The van der Waals surface area contributed by atoms with Crippen LogP contribution in [0.1, 0.15) is 41.5 Å². The molecule has 0 fully saturated rings. The normalized spacial score (nSPS) is 13.8. The Kier molecular flexibility index (Phi) is 6.71. The number of alkyl halides is 3. The lowest BCUT2D eigenvalue weighted by molar-refractivity contribution is -0.137. The summed E-state index contributed by atoms with van der Waals surface area (Å²) < 4.78 is 92.9. The van der Waals surface area contributed by atoms with E-state index in [-0.39, 0.29) is 5.56 Å². The van der Waals surface area contributed by atoms with Crippen molar-refractivity contribution in [3.05, 3.63) is 88.9 Å². The maximum atomic E-state index is 14.3. The fourth-order valence-electron chi connectivity index (χ4n) is 4.09. The molecule has 0 radical (unpaired) electrons. The van der Waals surface area contributed by atoms with Crippen molar-refractivity contribution in [1.82, 2.24) is 4.98 Å². The molecule has 0 saturated carbocycles. The van der Waals surface area contributed by atoms with Crippen LogP contribution in [0.15, 0.2) is 49.2 Å². The average Bonchev–Trinajstić information content (AvgIpc) is 3.29. The van der Waals surface area contributed by atoms with Gasteiger partial charge in [-0.1, -0.05) is 6.58 Å². The highest BCUT2D eigenvalue weighted by atomic mass is 19.4. The number of hydrogen-bond acceptors (Lipinski definition) is 4. The van der Waals surface area contributed by atoms with E-state index in [2.05, 4.69) is 11.6 Å². The Bertz CT molecular complexity index is 1360. The Labute approximate surface area is 202 Å². The van der Waals surface area contributed by atoms with E-state index in [1.807, 2.05) is 0 Å². The summed E-state index contributed by atoms with van der Waals surface area (Å²) >= 11 is 0. The molecule has 1 aliphatic rings. The fourth-order valence-corrected chi connectivity index (χ4v) is 4.09. The number of nitrogens with zero attached hydrogens (tertiary/aromatic N) is 1. The van der Waals surface area contributed by atoms with Crippen LogP contribution >= 0.6 is 0 Å². The van der Waals surface area contributed by atoms with E-state index < -0.39 is 40.8 Å². The van der Waals surface area contributed by atoms with Gasteiger partial charge in [-0.05, 0) is 60.2 Å². The number of pyridine rings is 1. The van der Waals surface area contributed by atoms with Crippen LogP contribution < -0.4 is 10.5 Å². The molecule has 0 spiro atoms. The minimum Gasteiger partial charge on any atom is -0.497 e. The van der Waals surface area contributed by atoms with Gasteiger partial charge in [0, 0.05) is 35.1 Å². The first-order valence-electron chi connectivity index (χ1n) is 10.7. The summed E-state index contributed by atoms with van der Waals surface area (Å²) in [6.07, 6.45) is -2.79. The number of hydrogen-bond donors (Lipinski definition) is 1. The van der Waals surface area contributed by atoms with Gasteiger partial charge in [0.15, 0.2) is 11.6 Å². The van der Waals surface area contributed by atoms with Crippen molar-refractivity contribution in [3.63, 3.8) is 0 Å². The molecule has 0 unspecified atom stereocenters. The van der Waals surface area contributed by atoms with E-state index in [9.17, 15) is 26.3 Å². The molecule has 1 aliphatic carbocycles. The minimum absolute atomic E-state index is 0.0880. The Morgan fingerprint density at radius 3 is 2.28 bits per heavy atom. The number of rotatable bonds is 6. The SMILES string of the molecule is C=C(OC)c1cc(N)cc(C2=C(c3cc(C(F)(F)F)cnc3Oc3c(F)cc(F)cc3F)CCC2)c1. The Hall–Kier alpha value is -3.95. The molecule has 2 N–H and O–H groups in total. The summed E-state index contributed by atoms with van der Waals surface area (Å²) in [5.41, 5.74) is 7.60. The van der Waals surface area contributed by atoms with Gasteiger partial charge < -0.3 is 15.2 Å². The van der Waals surface area contributed by atoms with Crippen LogP contribution in [0.2, 0.25) is 0 Å². The van der Waals surface area contributed by atoms with Crippen LogP contribution in [0.5, 0.6) is 11.6 Å². The highest BCUT2D eigenvalue weighted by molar-refractivity contribution is 5.95. The number of nitrogens with two attached hydrogens (primary N) is 1. The predicted molar refractivity (Wildman–Crippen MR) is 123 cm³/mol. The number of halogens is 6. The second kappa shape index (κ2) is 9.60. The number of allylic oxidation sites excluding steroid dienone is 2. The van der Waals surface area contributed by atoms with Gasteiger partial charge in [0.2, 0.25) is 11.6 Å². The van der Waals surface area contributed by atoms with Crippen molar-refractivity contribution in [2.45, 2.75) is 25.4 Å². The third-order valence-corrected chi connectivity index (χ3v) is 5.76. The first-order chi connectivity index (χ1) is 17.0. The number of anilines is 1. The molecule has 0 amide bonds. The van der Waals surface area contributed by atoms with Crippen LogP contribution in [-0.2, 0) is 10.9 Å². The van der Waals surface area contributed by atoms with Gasteiger partial charge in [0.05, 0.1) is 12.7 Å². The number of ether oxygens (including phenoxy) is 2. The van der Waals surface area contributed by atoms with Gasteiger partial charge in [-0.2, -0.15) is 13.2 Å². The molecule has 0 atom stereocenters. The maximum Gasteiger partial charge on any atom is 0.417 e. The Balaban J connectivity index is 1.90. The zero-order valence-corrected chi connectivity index (χ0v) is 19.0. The lowest BCUT2D eigenvalue weighted by atomic mass is 9.95. The summed E-state index contributed by atoms with van der Waals surface area (Å²) in [5, 5.41) is 0. The summed E-state index contributed by atoms with van der Waals surface area (Å²) in [6.45, 7) is 3.81. The van der Waals surface area contributed by atoms with Crippen LogP contribution in [0.4, 0.5) is 32.0 Å². The lowest BCUT2D eigenvalue weighted by Gasteiger charge is -2.17. The minimum atomic E-state index is -4.73. The fraction of sp³-hybridized carbons (Fsp3) is 0.192. The van der Waals surface area contributed by atoms with Gasteiger partial charge in [-0.3, -0.25) is 0 Å². The van der Waals surface area contributed by atoms with Crippen molar-refractivity contribution in [3.8, 4) is 11.6 Å². The third-order valence-electron chi connectivity index (χ3n) is 5.76. The Morgan fingerprint density at radius 1 is 0.972 bits per heavy atom. The maximum absolute atomic E-state index is 14.3. The number of nitrogen functional groups attached to an aromatic ring is 1. The molecule has 0 bridgehead atoms. The van der Waals surface area contributed by atoms with Gasteiger partial charge in [-0.15, -0.1) is 0 Å². The van der Waals surface area contributed by atoms with Gasteiger partial charge in [0.1, 0.15) is 11.6 Å². The zero-order valence-electron chi connectivity index (χ0n) is 19.0. The second-order valence-corrected chi connectivity index (χ2v) is 8.16. The van der Waals surface area contributed by atoms with E-state index in [1.165, 1.54) is 7.11 Å². The first kappa shape index (κ1) is 25.2. The molecule has 4 rings (SSSR count). The largest absolute Gasteiger partial charge is 0.497 e. The zero-order chi connectivity index (χ0) is 26.2. The topological polar surface area (TPSA) is 57.4 Å². The average molecular weight is 506 g/mol. The standard InChI is InChI=1S/C26H20F6N2O2/c1-13(35-2)14-6-15(8-18(33)7-14)19-4-3-5-20(19)21-9-16(26(30,31)32)12-34-25(21)36-24-22(28)10-17(27)11-23(24)29/h6-12H,1,3-5,33H2,2H3. The first-order valence-corrected chi connectivity index (χ1v) is 10.7. The molecular formula is C26H20F6N2O2. The molecule has 1 aromatic heterocycles. The van der Waals surface area contributed by atoms with Crippen LogP contribution in [-0.4, -0.2) is 12.1 Å². The van der Waals surface area contributed by atoms with Crippen molar-refractivity contribution >= 4 is 22.6 Å². The number of aromatic nitrogens is 1. The quantitative estimate of drug-likeness (QED) is 0.212. The summed E-state index contributed by atoms with van der Waals surface area (Å²) in [5.74, 6) is -4.98. The molecular weight excluding hydrogens is 486 g/mol. The summed E-state index contributed by atoms with van der Waals surface area (Å²) in [7, 11) is 1.44. The van der Waals surface area contributed by atoms with Gasteiger partial charge in [0.25, 0.3) is 0 Å². The van der Waals surface area contributed by atoms with Crippen LogP contribution in [0.3, 0.4) is 0 Å². The highest BCUT2D eigenvalue weighted by Gasteiger charge is 2.33. The smallest absolute Gasteiger partial charge is 0.417 e. The van der Waals surface area contributed by atoms with E-state index in [0.29, 0.717) is 71.3 Å². The highest BCUT2D eigenvalue weighted by Crippen LogP contribution is 2.45. The van der Waals surface area contributed by atoms with E-state index >= 15 is 0 Å². The molecule has 36 heavy (non-hydrogen) atoms. The molecule has 0 saturated heterocycles. The summed E-state index contributed by atoms with van der Waals surface area (Å²) in [6, 6.07) is 6.67. The van der Waals surface area contributed by atoms with E-state index in [4.69, 9.17) is 15.2 Å². The molecule has 10 heteroatoms. The predicted octanol–water partition coefficient (Wildman–Crippen LogP) is 7.60. The van der Waals surface area contributed by atoms with E-state index in [1.54, 1.807) is 18.2 Å². The molecule has 4 nitrogen and oxygen atoms in total. The van der Waals surface area contributed by atoms with Crippen molar-refractivity contribution in [1.29, 1.82) is 0 Å². The van der Waals surface area contributed by atoms with Crippen molar-refractivity contribution in [2.75, 3.05) is 12.8 Å². The monoisotopic (exact) mass is 506 g/mol. The molecule has 188 valence electrons. The van der Waals surface area contributed by atoms with Crippen molar-refractivity contribution in [2.24, 2.45) is 0 Å². The molecule has 1 heterocycles. The molecule has 2 aromatic carbocycles. The van der Waals surface area contributed by atoms with E-state index in [0.717, 1.165) is 6.07 Å². The summed E-state index contributed by atoms with van der Waals surface area (Å²) in [4.78, 5) is 3.73. The van der Waals surface area contributed by atoms with Crippen LogP contribution in [0.25, 0.3) is 16.9 Å². The third kappa shape index (κ3) is 5.02. The number of methoxy groups -OCH3 is 1. The second-order valence-electron chi connectivity index (χ2n) is 8.16. The molecule has 3 aromatic rings. The molecule has 0 aliphatic heterocycles. The lowest BCUT2D eigenvalue weighted by Crippen LogP contribution is -2.08.